The van der Waals surface area contributed by atoms with E-state index in [0.29, 0.717) is 12.2 Å². The lowest BCUT2D eigenvalue weighted by Crippen LogP contribution is -2.39. The third-order valence-corrected chi connectivity index (χ3v) is 4.46. The highest BCUT2D eigenvalue weighted by Crippen LogP contribution is 2.28. The molecule has 0 aromatic heterocycles. The molecule has 1 amide bonds. The largest absolute Gasteiger partial charge is 0.497 e. The van der Waals surface area contributed by atoms with Crippen molar-refractivity contribution in [1.29, 1.82) is 0 Å². The van der Waals surface area contributed by atoms with Crippen LogP contribution < -0.4 is 14.8 Å². The van der Waals surface area contributed by atoms with Gasteiger partial charge in [0.2, 0.25) is 5.91 Å². The Hall–Kier alpha value is -3.02. The lowest BCUT2D eigenvalue weighted by atomic mass is 9.95. The summed E-state index contributed by atoms with van der Waals surface area (Å²) in [6, 6.07) is 14.0. The summed E-state index contributed by atoms with van der Waals surface area (Å²) >= 11 is 0. The van der Waals surface area contributed by atoms with Crippen molar-refractivity contribution in [2.24, 2.45) is 5.92 Å². The molecule has 3 rings (SSSR count). The maximum Gasteiger partial charge on any atom is 0.305 e. The summed E-state index contributed by atoms with van der Waals surface area (Å²) in [6.07, 6.45) is 0.382. The van der Waals surface area contributed by atoms with Crippen LogP contribution in [0.25, 0.3) is 0 Å². The average Bonchev–Trinajstić information content (AvgIpc) is 2.66. The van der Waals surface area contributed by atoms with Gasteiger partial charge < -0.3 is 19.9 Å². The Labute approximate surface area is 151 Å². The molecule has 0 spiro atoms. The number of ether oxygens (including phenoxy) is 2. The second-order valence-corrected chi connectivity index (χ2v) is 6.25. The lowest BCUT2D eigenvalue weighted by molar-refractivity contribution is -0.138. The highest BCUT2D eigenvalue weighted by Gasteiger charge is 2.28. The SMILES string of the molecule is COc1ccc(C(CC(=O)O)NC(=O)C2COc3ccccc3C2)cc1. The van der Waals surface area contributed by atoms with Crippen LogP contribution in [0.4, 0.5) is 0 Å². The van der Waals surface area contributed by atoms with E-state index < -0.39 is 12.0 Å². The molecule has 0 bridgehead atoms. The molecule has 1 aliphatic heterocycles. The zero-order valence-corrected chi connectivity index (χ0v) is 14.5. The van der Waals surface area contributed by atoms with E-state index in [1.54, 1.807) is 31.4 Å². The van der Waals surface area contributed by atoms with E-state index in [1.165, 1.54) is 0 Å². The maximum atomic E-state index is 12.7. The van der Waals surface area contributed by atoms with Crippen molar-refractivity contribution < 1.29 is 24.2 Å². The van der Waals surface area contributed by atoms with Gasteiger partial charge in [0.05, 0.1) is 25.5 Å². The number of nitrogens with one attached hydrogen (secondary N) is 1. The standard InChI is InChI=1S/C20H21NO5/c1-25-16-8-6-13(7-9-16)17(11-19(22)23)21-20(24)15-10-14-4-2-3-5-18(14)26-12-15/h2-9,15,17H,10-12H2,1H3,(H,21,24)(H,22,23). The zero-order valence-electron chi connectivity index (χ0n) is 14.5. The third kappa shape index (κ3) is 4.14. The van der Waals surface area contributed by atoms with Crippen LogP contribution in [0.1, 0.15) is 23.6 Å². The molecule has 26 heavy (non-hydrogen) atoms. The first-order valence-corrected chi connectivity index (χ1v) is 8.43. The minimum Gasteiger partial charge on any atom is -0.497 e. The van der Waals surface area contributed by atoms with E-state index in [-0.39, 0.29) is 24.9 Å². The first-order valence-electron chi connectivity index (χ1n) is 8.43. The number of rotatable bonds is 6. The highest BCUT2D eigenvalue weighted by molar-refractivity contribution is 5.81. The topological polar surface area (TPSA) is 84.9 Å². The maximum absolute atomic E-state index is 12.7. The number of fused-ring (bicyclic) bond motifs is 1. The van der Waals surface area contributed by atoms with E-state index in [2.05, 4.69) is 5.32 Å². The number of amides is 1. The molecule has 1 aliphatic rings. The molecule has 0 radical (unpaired) electrons. The molecule has 0 saturated heterocycles. The highest BCUT2D eigenvalue weighted by atomic mass is 16.5. The van der Waals surface area contributed by atoms with Gasteiger partial charge in [-0.1, -0.05) is 30.3 Å². The predicted molar refractivity (Wildman–Crippen MR) is 95.3 cm³/mol. The number of carbonyl (C=O) groups excluding carboxylic acids is 1. The van der Waals surface area contributed by atoms with Crippen LogP contribution in [0.15, 0.2) is 48.5 Å². The molecule has 6 heteroatoms. The van der Waals surface area contributed by atoms with Crippen molar-refractivity contribution in [2.75, 3.05) is 13.7 Å². The van der Waals surface area contributed by atoms with Crippen LogP contribution >= 0.6 is 0 Å². The van der Waals surface area contributed by atoms with Gasteiger partial charge in [0.25, 0.3) is 0 Å². The van der Waals surface area contributed by atoms with Gasteiger partial charge in [-0.25, -0.2) is 0 Å². The first-order chi connectivity index (χ1) is 12.6. The summed E-state index contributed by atoms with van der Waals surface area (Å²) < 4.78 is 10.8. The van der Waals surface area contributed by atoms with Crippen molar-refractivity contribution >= 4 is 11.9 Å². The van der Waals surface area contributed by atoms with E-state index in [4.69, 9.17) is 9.47 Å². The molecule has 136 valence electrons. The second-order valence-electron chi connectivity index (χ2n) is 6.25. The van der Waals surface area contributed by atoms with Crippen molar-refractivity contribution in [3.63, 3.8) is 0 Å². The Balaban J connectivity index is 1.72. The Morgan fingerprint density at radius 1 is 1.23 bits per heavy atom. The van der Waals surface area contributed by atoms with E-state index in [9.17, 15) is 14.7 Å². The normalized spacial score (nSPS) is 16.7. The molecule has 0 aliphatic carbocycles. The number of aliphatic carboxylic acids is 1. The summed E-state index contributed by atoms with van der Waals surface area (Å²) in [5.41, 5.74) is 1.71. The number of carbonyl (C=O) groups is 2. The summed E-state index contributed by atoms with van der Waals surface area (Å²) in [6.45, 7) is 0.283. The Morgan fingerprint density at radius 3 is 2.65 bits per heavy atom. The van der Waals surface area contributed by atoms with Crippen LogP contribution in [0.3, 0.4) is 0 Å². The molecule has 0 saturated carbocycles. The molecule has 2 aromatic rings. The van der Waals surface area contributed by atoms with Crippen molar-refractivity contribution in [3.8, 4) is 11.5 Å². The fourth-order valence-electron chi connectivity index (χ4n) is 3.05. The van der Waals surface area contributed by atoms with E-state index in [0.717, 1.165) is 16.9 Å². The second kappa shape index (κ2) is 7.91. The fourth-order valence-corrected chi connectivity index (χ4v) is 3.05. The van der Waals surface area contributed by atoms with Gasteiger partial charge in [-0.05, 0) is 35.7 Å². The van der Waals surface area contributed by atoms with E-state index >= 15 is 0 Å². The Bertz CT molecular complexity index is 787. The van der Waals surface area contributed by atoms with Crippen LogP contribution in [0.5, 0.6) is 11.5 Å². The van der Waals surface area contributed by atoms with Crippen LogP contribution in [-0.4, -0.2) is 30.7 Å². The van der Waals surface area contributed by atoms with Crippen LogP contribution in [-0.2, 0) is 16.0 Å². The smallest absolute Gasteiger partial charge is 0.305 e. The van der Waals surface area contributed by atoms with Gasteiger partial charge >= 0.3 is 5.97 Å². The van der Waals surface area contributed by atoms with Crippen molar-refractivity contribution in [2.45, 2.75) is 18.9 Å². The van der Waals surface area contributed by atoms with Crippen molar-refractivity contribution in [3.05, 3.63) is 59.7 Å². The quantitative estimate of drug-likeness (QED) is 0.832. The number of methoxy groups -OCH3 is 1. The van der Waals surface area contributed by atoms with Gasteiger partial charge in [0.1, 0.15) is 18.1 Å². The number of benzene rings is 2. The predicted octanol–water partition coefficient (Wildman–Crippen LogP) is 2.58. The first kappa shape index (κ1) is 17.8. The number of carboxylic acids is 1. The molecule has 2 N–H and O–H groups in total. The number of hydrogen-bond donors (Lipinski definition) is 2. The van der Waals surface area contributed by atoms with Crippen LogP contribution in [0.2, 0.25) is 0 Å². The van der Waals surface area contributed by atoms with Gasteiger partial charge in [-0.15, -0.1) is 0 Å². The van der Waals surface area contributed by atoms with Gasteiger partial charge in [0.15, 0.2) is 0 Å². The zero-order chi connectivity index (χ0) is 18.5. The minimum atomic E-state index is -0.976. The fraction of sp³-hybridized carbons (Fsp3) is 0.300. The molecule has 1 heterocycles. The molecule has 2 aromatic carbocycles. The summed E-state index contributed by atoms with van der Waals surface area (Å²) in [7, 11) is 1.56. The Morgan fingerprint density at radius 2 is 1.96 bits per heavy atom. The lowest BCUT2D eigenvalue weighted by Gasteiger charge is -2.26. The molecule has 0 fully saturated rings. The number of carboxylic acid groups (broad SMARTS) is 1. The molecular weight excluding hydrogens is 334 g/mol. The molecule has 2 atom stereocenters. The average molecular weight is 355 g/mol. The Kier molecular flexibility index (Phi) is 5.41. The van der Waals surface area contributed by atoms with Gasteiger partial charge in [-0.2, -0.15) is 0 Å². The molecular formula is C20H21NO5. The van der Waals surface area contributed by atoms with Gasteiger partial charge in [-0.3, -0.25) is 9.59 Å². The monoisotopic (exact) mass is 355 g/mol. The summed E-state index contributed by atoms with van der Waals surface area (Å²) in [4.78, 5) is 23.9. The minimum absolute atomic E-state index is 0.192. The summed E-state index contributed by atoms with van der Waals surface area (Å²) in [5.74, 6) is -0.0578. The third-order valence-electron chi connectivity index (χ3n) is 4.46. The van der Waals surface area contributed by atoms with Crippen LogP contribution in [0, 0.1) is 5.92 Å². The molecule has 6 nitrogen and oxygen atoms in total. The number of para-hydroxylation sites is 1. The summed E-state index contributed by atoms with van der Waals surface area (Å²) in [5, 5.41) is 12.1. The van der Waals surface area contributed by atoms with E-state index in [1.807, 2.05) is 24.3 Å². The number of hydrogen-bond acceptors (Lipinski definition) is 4. The van der Waals surface area contributed by atoms with Crippen molar-refractivity contribution in [1.82, 2.24) is 5.32 Å². The molecule has 2 unspecified atom stereocenters. The van der Waals surface area contributed by atoms with Gasteiger partial charge in [0, 0.05) is 0 Å².